The van der Waals surface area contributed by atoms with E-state index in [1.165, 1.54) is 6.20 Å². The minimum absolute atomic E-state index is 0.0401. The smallest absolute Gasteiger partial charge is 0.417 e. The summed E-state index contributed by atoms with van der Waals surface area (Å²) in [5.41, 5.74) is 1.24. The molecule has 1 spiro atoms. The Morgan fingerprint density at radius 2 is 1.89 bits per heavy atom. The summed E-state index contributed by atoms with van der Waals surface area (Å²) in [7, 11) is 0. The molecule has 1 aromatic carbocycles. The molecule has 2 N–H and O–H groups in total. The average molecular weight is 663 g/mol. The number of ether oxygens (including phenoxy) is 1. The number of aromatic nitrogens is 3. The Bertz CT molecular complexity index is 1830. The van der Waals surface area contributed by atoms with Crippen LogP contribution in [0.1, 0.15) is 56.1 Å². The molecular formula is C33H33F7N6O. The van der Waals surface area contributed by atoms with Crippen LogP contribution in [0.15, 0.2) is 24.2 Å². The van der Waals surface area contributed by atoms with Crippen LogP contribution in [0.4, 0.5) is 42.2 Å². The molecule has 4 atom stereocenters. The first-order valence-electron chi connectivity index (χ1n) is 16.0. The fourth-order valence-electron chi connectivity index (χ4n) is 8.73. The third-order valence-electron chi connectivity index (χ3n) is 11.4. The highest BCUT2D eigenvalue weighted by Crippen LogP contribution is 2.66. The highest BCUT2D eigenvalue weighted by atomic mass is 19.4. The van der Waals surface area contributed by atoms with E-state index in [1.807, 2.05) is 0 Å². The molecule has 7 nitrogen and oxygen atoms in total. The maximum absolute atomic E-state index is 16.6. The molecule has 250 valence electrons. The second-order valence-electron chi connectivity index (χ2n) is 13.8. The molecule has 0 radical (unpaired) electrons. The number of halogens is 7. The number of nitrogens with zero attached hydrogens (tertiary/aromatic N) is 5. The Labute approximate surface area is 266 Å². The van der Waals surface area contributed by atoms with Gasteiger partial charge in [-0.15, -0.1) is 0 Å². The summed E-state index contributed by atoms with van der Waals surface area (Å²) in [6.07, 6.45) is 1.24. The van der Waals surface area contributed by atoms with Crippen molar-refractivity contribution in [1.29, 1.82) is 0 Å². The van der Waals surface area contributed by atoms with Crippen LogP contribution in [0.5, 0.6) is 6.01 Å². The fraction of sp³-hybridized carbons (Fsp3) is 0.545. The zero-order valence-electron chi connectivity index (χ0n) is 25.6. The quantitative estimate of drug-likeness (QED) is 0.231. The van der Waals surface area contributed by atoms with Gasteiger partial charge >= 0.3 is 12.2 Å². The zero-order valence-corrected chi connectivity index (χ0v) is 25.6. The lowest BCUT2D eigenvalue weighted by molar-refractivity contribution is -0.137. The molecule has 3 saturated heterocycles. The molecule has 5 fully saturated rings. The van der Waals surface area contributed by atoms with Gasteiger partial charge in [-0.05, 0) is 74.6 Å². The third kappa shape index (κ3) is 4.52. The van der Waals surface area contributed by atoms with Gasteiger partial charge in [0, 0.05) is 30.8 Å². The summed E-state index contributed by atoms with van der Waals surface area (Å²) in [4.78, 5) is 17.1. The predicted molar refractivity (Wildman–Crippen MR) is 160 cm³/mol. The van der Waals surface area contributed by atoms with E-state index in [0.717, 1.165) is 51.6 Å². The van der Waals surface area contributed by atoms with Crippen LogP contribution in [0, 0.1) is 29.9 Å². The monoisotopic (exact) mass is 662 g/mol. The Morgan fingerprint density at radius 1 is 1.11 bits per heavy atom. The van der Waals surface area contributed by atoms with Crippen molar-refractivity contribution in [3.8, 4) is 17.3 Å². The first-order valence-corrected chi connectivity index (χ1v) is 16.0. The minimum atomic E-state index is -5.05. The van der Waals surface area contributed by atoms with Gasteiger partial charge in [-0.2, -0.15) is 23.1 Å². The molecule has 47 heavy (non-hydrogen) atoms. The lowest BCUT2D eigenvalue weighted by Crippen LogP contribution is -2.49. The number of anilines is 2. The van der Waals surface area contributed by atoms with Gasteiger partial charge < -0.3 is 15.4 Å². The van der Waals surface area contributed by atoms with Crippen LogP contribution in [0.3, 0.4) is 0 Å². The molecule has 5 aliphatic rings. The van der Waals surface area contributed by atoms with Gasteiger partial charge in [-0.3, -0.25) is 9.88 Å². The van der Waals surface area contributed by atoms with Crippen molar-refractivity contribution in [2.24, 2.45) is 11.3 Å². The second kappa shape index (κ2) is 10.4. The number of pyridine rings is 1. The predicted octanol–water partition coefficient (Wildman–Crippen LogP) is 7.07. The number of hydrogen-bond acceptors (Lipinski definition) is 7. The zero-order chi connectivity index (χ0) is 33.0. The first-order chi connectivity index (χ1) is 22.4. The SMILES string of the molecule is Cc1c(F)c(N)cc(-c2ncc3c(N4CCCC[C@H]5[C@H](F)[C@H]54)nc(OC[C@]45C/C(=C/F)CN4CCC54CC4)nc3c2F)c1C(F)(F)F. The summed E-state index contributed by atoms with van der Waals surface area (Å²) in [5, 5.41) is 0.0848. The fourth-order valence-corrected chi connectivity index (χ4v) is 8.73. The van der Waals surface area contributed by atoms with Crippen LogP contribution < -0.4 is 15.4 Å². The van der Waals surface area contributed by atoms with Gasteiger partial charge in [0.25, 0.3) is 0 Å². The van der Waals surface area contributed by atoms with Crippen molar-refractivity contribution in [1.82, 2.24) is 19.9 Å². The van der Waals surface area contributed by atoms with Gasteiger partial charge in [-0.25, -0.2) is 17.6 Å². The highest BCUT2D eigenvalue weighted by molar-refractivity contribution is 5.93. The van der Waals surface area contributed by atoms with Crippen molar-refractivity contribution in [3.63, 3.8) is 0 Å². The topological polar surface area (TPSA) is 80.4 Å². The summed E-state index contributed by atoms with van der Waals surface area (Å²) in [5.74, 6) is -2.49. The Kier molecular flexibility index (Phi) is 6.79. The minimum Gasteiger partial charge on any atom is -0.461 e. The van der Waals surface area contributed by atoms with Gasteiger partial charge in [0.05, 0.1) is 34.5 Å². The Balaban J connectivity index is 1.27. The average Bonchev–Trinajstić information content (AvgIpc) is 3.90. The number of alkyl halides is 4. The maximum atomic E-state index is 16.6. The van der Waals surface area contributed by atoms with E-state index in [1.54, 1.807) is 4.90 Å². The molecule has 0 amide bonds. The van der Waals surface area contributed by atoms with Crippen molar-refractivity contribution in [2.75, 3.05) is 36.9 Å². The number of nitrogens with two attached hydrogens (primary N) is 1. The van der Waals surface area contributed by atoms with E-state index in [2.05, 4.69) is 19.9 Å². The Morgan fingerprint density at radius 3 is 2.62 bits per heavy atom. The lowest BCUT2D eigenvalue weighted by Gasteiger charge is -2.37. The van der Waals surface area contributed by atoms with E-state index in [4.69, 9.17) is 10.5 Å². The number of fused-ring (bicyclic) bond motifs is 4. The summed E-state index contributed by atoms with van der Waals surface area (Å²) in [6, 6.07) is 0.00678. The maximum Gasteiger partial charge on any atom is 0.417 e. The molecule has 3 aromatic rings. The van der Waals surface area contributed by atoms with E-state index in [0.29, 0.717) is 37.8 Å². The molecule has 14 heteroatoms. The van der Waals surface area contributed by atoms with Crippen molar-refractivity contribution >= 4 is 22.4 Å². The molecule has 3 aliphatic heterocycles. The van der Waals surface area contributed by atoms with Gasteiger partial charge in [-0.1, -0.05) is 6.42 Å². The molecule has 2 aromatic heterocycles. The van der Waals surface area contributed by atoms with Crippen molar-refractivity contribution in [3.05, 3.63) is 46.9 Å². The molecule has 5 heterocycles. The first kappa shape index (κ1) is 30.6. The number of nitrogen functional groups attached to an aromatic ring is 1. The summed E-state index contributed by atoms with van der Waals surface area (Å²) < 4.78 is 109. The largest absolute Gasteiger partial charge is 0.461 e. The molecular weight excluding hydrogens is 629 g/mol. The van der Waals surface area contributed by atoms with E-state index in [9.17, 15) is 26.3 Å². The van der Waals surface area contributed by atoms with Crippen molar-refractivity contribution in [2.45, 2.75) is 75.8 Å². The normalized spacial score (nSPS) is 29.0. The van der Waals surface area contributed by atoms with Crippen LogP contribution in [0.25, 0.3) is 22.2 Å². The number of hydrogen-bond donors (Lipinski definition) is 1. The third-order valence-corrected chi connectivity index (χ3v) is 11.4. The molecule has 0 unspecified atom stereocenters. The van der Waals surface area contributed by atoms with Crippen LogP contribution >= 0.6 is 0 Å². The standard InChI is InChI=1S/C33H33F7N6O/c1-16-22(33(38,39)40)19(10-21(41)23(16)35)26-25(37)27-20(13-42-26)29(46-8-3-2-4-18-24(36)28(18)46)44-30(43-27)47-15-32-11-17(12-34)14-45(32)9-7-31(32)5-6-31/h10,12-13,18,24,28H,2-9,11,14-15,41H2,1H3/b17-12-/t18-,24-,28-,32-/m0/s1. The van der Waals surface area contributed by atoms with Gasteiger partial charge in [0.15, 0.2) is 5.82 Å². The van der Waals surface area contributed by atoms with Gasteiger partial charge in [0.1, 0.15) is 35.6 Å². The highest BCUT2D eigenvalue weighted by Gasteiger charge is 2.67. The summed E-state index contributed by atoms with van der Waals surface area (Å²) in [6.45, 7) is 2.70. The number of benzene rings is 1. The molecule has 2 aliphatic carbocycles. The lowest BCUT2D eigenvalue weighted by atomic mass is 9.80. The van der Waals surface area contributed by atoms with Crippen molar-refractivity contribution < 1.29 is 35.5 Å². The molecule has 2 saturated carbocycles. The van der Waals surface area contributed by atoms with Crippen LogP contribution in [-0.4, -0.2) is 63.8 Å². The van der Waals surface area contributed by atoms with E-state index in [-0.39, 0.29) is 40.7 Å². The Hall–Kier alpha value is -3.68. The second-order valence-corrected chi connectivity index (χ2v) is 13.8. The molecule has 0 bridgehead atoms. The van der Waals surface area contributed by atoms with E-state index < -0.39 is 63.6 Å². The summed E-state index contributed by atoms with van der Waals surface area (Å²) >= 11 is 0. The molecule has 8 rings (SSSR count). The van der Waals surface area contributed by atoms with Gasteiger partial charge in [0.2, 0.25) is 0 Å². The number of rotatable bonds is 5. The van der Waals surface area contributed by atoms with Crippen LogP contribution in [0.2, 0.25) is 0 Å². The van der Waals surface area contributed by atoms with E-state index >= 15 is 4.39 Å². The van der Waals surface area contributed by atoms with Crippen LogP contribution in [-0.2, 0) is 6.18 Å².